The number of sulfone groups is 1. The number of carboxylic acid groups (broad SMARTS) is 1. The first-order valence-corrected chi connectivity index (χ1v) is 24.0. The fraction of sp³-hybridized carbons (Fsp3) is 0.273. The van der Waals surface area contributed by atoms with E-state index < -0.39 is 65.0 Å². The first kappa shape index (κ1) is 47.2. The number of amides is 2. The van der Waals surface area contributed by atoms with Gasteiger partial charge in [-0.2, -0.15) is 13.2 Å². The molecule has 0 aromatic heterocycles. The van der Waals surface area contributed by atoms with E-state index in [-0.39, 0.29) is 30.2 Å². The van der Waals surface area contributed by atoms with Crippen LogP contribution in [0.5, 0.6) is 0 Å². The zero-order chi connectivity index (χ0) is 45.5. The highest BCUT2D eigenvalue weighted by Crippen LogP contribution is 2.39. The Balaban J connectivity index is 1.14. The molecule has 1 saturated heterocycles. The molecule has 1 fully saturated rings. The van der Waals surface area contributed by atoms with Crippen molar-refractivity contribution in [3.8, 4) is 11.1 Å². The van der Waals surface area contributed by atoms with Crippen LogP contribution < -0.4 is 14.9 Å². The molecule has 2 atom stereocenters. The van der Waals surface area contributed by atoms with E-state index in [0.29, 0.717) is 37.0 Å². The molecule has 19 heteroatoms. The predicted octanol–water partition coefficient (Wildman–Crippen LogP) is 8.94. The second-order valence-electron chi connectivity index (χ2n) is 14.9. The zero-order valence-electron chi connectivity index (χ0n) is 33.7. The van der Waals surface area contributed by atoms with Gasteiger partial charge in [0.2, 0.25) is 0 Å². The SMILES string of the molecule is CN(CC[C@H](CSc1ccccc1)Nc1ccc(S(=O)(=O)NC(=O)c2ccc(N3CCC([C@@H](O)c4ccccc4-c4ccc(Cl)cc4)CC3)cc2)cc1S(=O)(=O)C(F)(F)F)C(=O)O. The van der Waals surface area contributed by atoms with Crippen LogP contribution in [0.25, 0.3) is 11.1 Å². The number of anilines is 2. The summed E-state index contributed by atoms with van der Waals surface area (Å²) in [6, 6.07) is 31.3. The molecule has 5 aromatic rings. The molecule has 1 aliphatic heterocycles. The number of rotatable bonds is 16. The summed E-state index contributed by atoms with van der Waals surface area (Å²) in [4.78, 5) is 26.2. The minimum Gasteiger partial charge on any atom is -0.465 e. The topological polar surface area (TPSA) is 173 Å². The molecular formula is C44H44ClF3N4O8S3. The lowest BCUT2D eigenvalue weighted by Crippen LogP contribution is -2.36. The van der Waals surface area contributed by atoms with Crippen LogP contribution in [0.1, 0.15) is 41.3 Å². The number of carbonyl (C=O) groups excluding carboxylic acids is 1. The van der Waals surface area contributed by atoms with Crippen molar-refractivity contribution >= 4 is 66.6 Å². The Morgan fingerprint density at radius 1 is 0.889 bits per heavy atom. The number of sulfonamides is 1. The van der Waals surface area contributed by atoms with Gasteiger partial charge < -0.3 is 25.3 Å². The van der Waals surface area contributed by atoms with E-state index in [0.717, 1.165) is 44.3 Å². The van der Waals surface area contributed by atoms with Crippen molar-refractivity contribution < 1.29 is 49.8 Å². The summed E-state index contributed by atoms with van der Waals surface area (Å²) < 4.78 is 96.7. The Kier molecular flexibility index (Phi) is 15.0. The van der Waals surface area contributed by atoms with Crippen LogP contribution in [0, 0.1) is 5.92 Å². The third-order valence-electron chi connectivity index (χ3n) is 10.7. The number of hydrogen-bond donors (Lipinski definition) is 4. The Bertz CT molecular complexity index is 2620. The lowest BCUT2D eigenvalue weighted by Gasteiger charge is -2.36. The highest BCUT2D eigenvalue weighted by molar-refractivity contribution is 7.99. The highest BCUT2D eigenvalue weighted by Gasteiger charge is 2.48. The number of halogens is 4. The van der Waals surface area contributed by atoms with Gasteiger partial charge in [-0.25, -0.2) is 26.4 Å². The Labute approximate surface area is 373 Å². The number of piperidine rings is 1. The number of alkyl halides is 3. The summed E-state index contributed by atoms with van der Waals surface area (Å²) in [5.41, 5.74) is -3.07. The number of nitrogens with zero attached hydrogens (tertiary/aromatic N) is 2. The van der Waals surface area contributed by atoms with Gasteiger partial charge in [-0.1, -0.05) is 66.2 Å². The van der Waals surface area contributed by atoms with E-state index in [1.165, 1.54) is 30.9 Å². The van der Waals surface area contributed by atoms with Crippen molar-refractivity contribution in [3.63, 3.8) is 0 Å². The Morgan fingerprint density at radius 3 is 2.16 bits per heavy atom. The third kappa shape index (κ3) is 11.7. The van der Waals surface area contributed by atoms with Gasteiger partial charge >= 0.3 is 11.6 Å². The van der Waals surface area contributed by atoms with Crippen LogP contribution in [-0.4, -0.2) is 87.9 Å². The van der Waals surface area contributed by atoms with Gasteiger partial charge in [-0.3, -0.25) is 4.79 Å². The van der Waals surface area contributed by atoms with Crippen LogP contribution in [0.2, 0.25) is 5.02 Å². The summed E-state index contributed by atoms with van der Waals surface area (Å²) in [7, 11) is -9.78. The number of nitrogens with one attached hydrogen (secondary N) is 2. The lowest BCUT2D eigenvalue weighted by atomic mass is 9.84. The molecule has 0 aliphatic carbocycles. The Hall–Kier alpha value is -5.27. The second kappa shape index (κ2) is 20.1. The average molecular weight is 946 g/mol. The normalized spacial score (nSPS) is 14.7. The van der Waals surface area contributed by atoms with Crippen LogP contribution in [0.4, 0.5) is 29.3 Å². The van der Waals surface area contributed by atoms with E-state index in [9.17, 15) is 49.8 Å². The fourth-order valence-electron chi connectivity index (χ4n) is 7.15. The maximum absolute atomic E-state index is 14.1. The van der Waals surface area contributed by atoms with E-state index in [1.54, 1.807) is 54.6 Å². The number of benzene rings is 5. The predicted molar refractivity (Wildman–Crippen MR) is 237 cm³/mol. The molecule has 0 bridgehead atoms. The summed E-state index contributed by atoms with van der Waals surface area (Å²) >= 11 is 7.37. The molecule has 63 heavy (non-hydrogen) atoms. The number of thioether (sulfide) groups is 1. The minimum absolute atomic E-state index is 0.0349. The summed E-state index contributed by atoms with van der Waals surface area (Å²) in [6.45, 7) is 1.11. The van der Waals surface area contributed by atoms with Crippen molar-refractivity contribution in [1.82, 2.24) is 9.62 Å². The molecule has 2 amide bonds. The first-order valence-electron chi connectivity index (χ1n) is 19.6. The van der Waals surface area contributed by atoms with Gasteiger partial charge in [0.25, 0.3) is 25.8 Å². The maximum atomic E-state index is 14.1. The smallest absolute Gasteiger partial charge is 0.465 e. The quantitative estimate of drug-likeness (QED) is 0.0696. The Morgan fingerprint density at radius 2 is 1.52 bits per heavy atom. The van der Waals surface area contributed by atoms with Crippen molar-refractivity contribution in [2.24, 2.45) is 5.92 Å². The lowest BCUT2D eigenvalue weighted by molar-refractivity contribution is -0.0436. The van der Waals surface area contributed by atoms with Crippen molar-refractivity contribution in [2.45, 2.75) is 51.6 Å². The first-order chi connectivity index (χ1) is 29.8. The van der Waals surface area contributed by atoms with Crippen molar-refractivity contribution in [2.75, 3.05) is 42.7 Å². The number of aliphatic hydroxyl groups is 1. The molecule has 4 N–H and O–H groups in total. The molecule has 12 nitrogen and oxygen atoms in total. The van der Waals surface area contributed by atoms with Gasteiger partial charge in [0.1, 0.15) is 4.90 Å². The van der Waals surface area contributed by atoms with E-state index in [4.69, 9.17) is 11.6 Å². The van der Waals surface area contributed by atoms with E-state index in [2.05, 4.69) is 10.2 Å². The standard InChI is InChI=1S/C44H44ClF3N4O8S3/c1-51(43(55)56)24-23-33(28-61-35-7-3-2-4-8-35)49-39-20-19-36(27-40(39)62(57,58)44(46,47)48)63(59,60)50-42(54)31-13-17-34(18-14-31)52-25-21-30(22-26-52)41(53)38-10-6-5-9-37(38)29-11-15-32(45)16-12-29/h2-20,27,30,33,41,49,53H,21-26,28H2,1H3,(H,50,54)(H,55,56)/t33-,41-/m1/s1. The molecule has 0 spiro atoms. The van der Waals surface area contributed by atoms with Crippen molar-refractivity contribution in [3.05, 3.63) is 137 Å². The number of carbonyl (C=O) groups is 2. The average Bonchev–Trinajstić information content (AvgIpc) is 3.27. The van der Waals surface area contributed by atoms with E-state index in [1.807, 2.05) is 41.1 Å². The summed E-state index contributed by atoms with van der Waals surface area (Å²) in [5, 5.41) is 24.2. The molecule has 1 heterocycles. The zero-order valence-corrected chi connectivity index (χ0v) is 36.9. The third-order valence-corrected chi connectivity index (χ3v) is 15.0. The van der Waals surface area contributed by atoms with Gasteiger partial charge in [0.05, 0.1) is 16.7 Å². The molecule has 1 aliphatic rings. The molecule has 0 radical (unpaired) electrons. The molecule has 6 rings (SSSR count). The van der Waals surface area contributed by atoms with Crippen LogP contribution in [0.3, 0.4) is 0 Å². The van der Waals surface area contributed by atoms with Gasteiger partial charge in [0, 0.05) is 59.6 Å². The summed E-state index contributed by atoms with van der Waals surface area (Å²) in [6.07, 6.45) is -0.605. The molecule has 334 valence electrons. The molecule has 5 aromatic carbocycles. The number of aliphatic hydroxyl groups excluding tert-OH is 1. The van der Waals surface area contributed by atoms with Crippen molar-refractivity contribution in [1.29, 1.82) is 0 Å². The number of hydrogen-bond acceptors (Lipinski definition) is 10. The maximum Gasteiger partial charge on any atom is 0.501 e. The highest BCUT2D eigenvalue weighted by atomic mass is 35.5. The van der Waals surface area contributed by atoms with Gasteiger partial charge in [0.15, 0.2) is 0 Å². The molecular weight excluding hydrogens is 901 g/mol. The van der Waals surface area contributed by atoms with Gasteiger partial charge in [-0.05, 0) is 109 Å². The minimum atomic E-state index is -6.15. The van der Waals surface area contributed by atoms with Crippen LogP contribution in [0.15, 0.2) is 136 Å². The monoisotopic (exact) mass is 944 g/mol. The van der Waals surface area contributed by atoms with E-state index >= 15 is 0 Å². The fourth-order valence-corrected chi connectivity index (χ4v) is 10.3. The largest absolute Gasteiger partial charge is 0.501 e. The van der Waals surface area contributed by atoms with Gasteiger partial charge in [-0.15, -0.1) is 11.8 Å². The second-order valence-corrected chi connectivity index (χ2v) is 20.0. The van der Waals surface area contributed by atoms with Crippen LogP contribution in [-0.2, 0) is 19.9 Å². The summed E-state index contributed by atoms with van der Waals surface area (Å²) in [5.74, 6) is -0.974. The molecule has 0 saturated carbocycles. The molecule has 0 unspecified atom stereocenters. The van der Waals surface area contributed by atoms with Crippen LogP contribution >= 0.6 is 23.4 Å².